The molecule has 3 aromatic heterocycles. The fourth-order valence-corrected chi connectivity index (χ4v) is 5.10. The quantitative estimate of drug-likeness (QED) is 0.559. The summed E-state index contributed by atoms with van der Waals surface area (Å²) in [6.07, 6.45) is 6.14. The van der Waals surface area contributed by atoms with E-state index >= 15 is 0 Å². The number of alkyl halides is 2. The molecule has 33 heavy (non-hydrogen) atoms. The van der Waals surface area contributed by atoms with Gasteiger partial charge in [-0.05, 0) is 31.4 Å². The highest BCUT2D eigenvalue weighted by atomic mass is 35.5. The van der Waals surface area contributed by atoms with Gasteiger partial charge in [0.05, 0.1) is 23.5 Å². The lowest BCUT2D eigenvalue weighted by Gasteiger charge is -2.39. The molecule has 0 aromatic carbocycles. The summed E-state index contributed by atoms with van der Waals surface area (Å²) in [5.41, 5.74) is 1.70. The number of amides is 1. The number of nitrogens with zero attached hydrogens (tertiary/aromatic N) is 7. The van der Waals surface area contributed by atoms with Crippen LogP contribution in [0.15, 0.2) is 30.9 Å². The number of carbonyl (C=O) groups excluding carboxylic acids is 1. The molecule has 0 N–H and O–H groups in total. The van der Waals surface area contributed by atoms with Gasteiger partial charge in [0.15, 0.2) is 5.65 Å². The minimum absolute atomic E-state index is 0.0805. The van der Waals surface area contributed by atoms with Gasteiger partial charge in [0.1, 0.15) is 17.9 Å². The molecule has 2 fully saturated rings. The summed E-state index contributed by atoms with van der Waals surface area (Å²) >= 11 is 6.09. The molecule has 5 heterocycles. The highest BCUT2D eigenvalue weighted by Gasteiger charge is 2.46. The van der Waals surface area contributed by atoms with Crippen LogP contribution in [-0.2, 0) is 11.3 Å². The van der Waals surface area contributed by atoms with E-state index in [9.17, 15) is 13.6 Å². The highest BCUT2D eigenvalue weighted by Crippen LogP contribution is 2.44. The Balaban J connectivity index is 1.28. The van der Waals surface area contributed by atoms with E-state index in [1.165, 1.54) is 10.9 Å². The predicted molar refractivity (Wildman–Crippen MR) is 119 cm³/mol. The van der Waals surface area contributed by atoms with Crippen LogP contribution in [0.3, 0.4) is 0 Å². The number of pyridine rings is 1. The Bertz CT molecular complexity index is 1180. The van der Waals surface area contributed by atoms with Crippen LogP contribution in [0.4, 0.5) is 14.6 Å². The van der Waals surface area contributed by atoms with Crippen molar-refractivity contribution >= 4 is 34.5 Å². The van der Waals surface area contributed by atoms with Crippen LogP contribution < -0.4 is 4.90 Å². The first-order valence-corrected chi connectivity index (χ1v) is 11.3. The summed E-state index contributed by atoms with van der Waals surface area (Å²) in [7, 11) is 0. The van der Waals surface area contributed by atoms with Crippen molar-refractivity contribution in [1.82, 2.24) is 29.6 Å². The van der Waals surface area contributed by atoms with Gasteiger partial charge in [-0.2, -0.15) is 5.10 Å². The molecular weight excluding hydrogens is 452 g/mol. The van der Waals surface area contributed by atoms with Gasteiger partial charge in [0.25, 0.3) is 6.43 Å². The SMILES string of the molecule is CC(c1cncc(Cl)c1)N1CC2(CCN(c3cnc4cnn(CC(F)F)c4n3)CC2)CC1=O. The van der Waals surface area contributed by atoms with Crippen molar-refractivity contribution in [2.24, 2.45) is 5.41 Å². The van der Waals surface area contributed by atoms with Crippen molar-refractivity contribution in [3.63, 3.8) is 0 Å². The van der Waals surface area contributed by atoms with Gasteiger partial charge in [-0.15, -0.1) is 0 Å². The number of rotatable bonds is 5. The van der Waals surface area contributed by atoms with Gasteiger partial charge in [-0.25, -0.2) is 23.4 Å². The van der Waals surface area contributed by atoms with Crippen LogP contribution in [0.5, 0.6) is 0 Å². The van der Waals surface area contributed by atoms with Crippen LogP contribution in [0.25, 0.3) is 11.2 Å². The molecule has 2 saturated heterocycles. The summed E-state index contributed by atoms with van der Waals surface area (Å²) in [4.78, 5) is 30.0. The maximum absolute atomic E-state index is 12.9. The average molecular weight is 476 g/mol. The molecule has 8 nitrogen and oxygen atoms in total. The van der Waals surface area contributed by atoms with E-state index in [1.54, 1.807) is 18.6 Å². The van der Waals surface area contributed by atoms with Crippen molar-refractivity contribution < 1.29 is 13.6 Å². The summed E-state index contributed by atoms with van der Waals surface area (Å²) in [6, 6.07) is 1.76. The minimum Gasteiger partial charge on any atom is -0.355 e. The van der Waals surface area contributed by atoms with Gasteiger partial charge in [0.2, 0.25) is 5.91 Å². The molecule has 174 valence electrons. The van der Waals surface area contributed by atoms with E-state index in [0.29, 0.717) is 35.0 Å². The van der Waals surface area contributed by atoms with Gasteiger partial charge >= 0.3 is 0 Å². The lowest BCUT2D eigenvalue weighted by molar-refractivity contribution is -0.129. The first kappa shape index (κ1) is 21.9. The van der Waals surface area contributed by atoms with Crippen molar-refractivity contribution in [3.8, 4) is 0 Å². The second-order valence-electron chi connectivity index (χ2n) is 8.95. The lowest BCUT2D eigenvalue weighted by atomic mass is 9.77. The van der Waals surface area contributed by atoms with Crippen LogP contribution >= 0.6 is 11.6 Å². The normalized spacial score (nSPS) is 19.2. The fourth-order valence-electron chi connectivity index (χ4n) is 4.92. The molecule has 1 spiro atoms. The monoisotopic (exact) mass is 475 g/mol. The van der Waals surface area contributed by atoms with Crippen LogP contribution in [0.2, 0.25) is 5.02 Å². The van der Waals surface area contributed by atoms with Crippen LogP contribution in [0.1, 0.15) is 37.8 Å². The maximum Gasteiger partial charge on any atom is 0.258 e. The van der Waals surface area contributed by atoms with Crippen molar-refractivity contribution in [1.29, 1.82) is 0 Å². The number of piperidine rings is 1. The van der Waals surface area contributed by atoms with Gasteiger partial charge < -0.3 is 9.80 Å². The molecule has 11 heteroatoms. The van der Waals surface area contributed by atoms with Gasteiger partial charge in [-0.1, -0.05) is 11.6 Å². The number of hydrogen-bond acceptors (Lipinski definition) is 6. The molecule has 0 aliphatic carbocycles. The number of fused-ring (bicyclic) bond motifs is 1. The smallest absolute Gasteiger partial charge is 0.258 e. The third-order valence-electron chi connectivity index (χ3n) is 6.82. The highest BCUT2D eigenvalue weighted by molar-refractivity contribution is 6.30. The van der Waals surface area contributed by atoms with E-state index in [0.717, 1.165) is 31.5 Å². The molecule has 1 atom stereocenters. The largest absolute Gasteiger partial charge is 0.355 e. The van der Waals surface area contributed by atoms with Crippen molar-refractivity contribution in [2.45, 2.75) is 45.2 Å². The molecule has 0 radical (unpaired) electrons. The van der Waals surface area contributed by atoms with E-state index < -0.39 is 13.0 Å². The molecule has 1 unspecified atom stereocenters. The molecule has 2 aliphatic rings. The Morgan fingerprint density at radius 2 is 1.97 bits per heavy atom. The Morgan fingerprint density at radius 1 is 1.18 bits per heavy atom. The molecular formula is C22H24ClF2N7O. The lowest BCUT2D eigenvalue weighted by Crippen LogP contribution is -2.42. The standard InChI is InChI=1S/C22H24ClF2N7O/c1-14(15-6-16(23)9-26-8-15)31-13-22(7-20(31)33)2-4-30(5-3-22)19-11-27-17-10-28-32(12-18(24)25)21(17)29-19/h6,8-11,14,18H,2-5,7,12-13H2,1H3. The molecule has 0 bridgehead atoms. The average Bonchev–Trinajstić information content (AvgIpc) is 3.33. The van der Waals surface area contributed by atoms with E-state index in [4.69, 9.17) is 11.6 Å². The first-order chi connectivity index (χ1) is 15.8. The molecule has 5 rings (SSSR count). The predicted octanol–water partition coefficient (Wildman–Crippen LogP) is 3.72. The Morgan fingerprint density at radius 3 is 2.70 bits per heavy atom. The third kappa shape index (κ3) is 4.23. The number of halogens is 3. The molecule has 2 aliphatic heterocycles. The zero-order chi connectivity index (χ0) is 23.2. The summed E-state index contributed by atoms with van der Waals surface area (Å²) in [6.45, 7) is 3.63. The second-order valence-corrected chi connectivity index (χ2v) is 9.39. The zero-order valence-corrected chi connectivity index (χ0v) is 18.9. The number of aromatic nitrogens is 5. The van der Waals surface area contributed by atoms with Crippen molar-refractivity contribution in [3.05, 3.63) is 41.4 Å². The molecule has 3 aromatic rings. The van der Waals surface area contributed by atoms with Gasteiger partial charge in [-0.3, -0.25) is 9.78 Å². The maximum atomic E-state index is 12.9. The first-order valence-electron chi connectivity index (χ1n) is 11.0. The molecule has 1 amide bonds. The van der Waals surface area contributed by atoms with Crippen LogP contribution in [0, 0.1) is 5.41 Å². The second kappa shape index (κ2) is 8.48. The summed E-state index contributed by atoms with van der Waals surface area (Å²) in [5.74, 6) is 0.793. The van der Waals surface area contributed by atoms with E-state index in [-0.39, 0.29) is 17.4 Å². The fraction of sp³-hybridized carbons (Fsp3) is 0.500. The zero-order valence-electron chi connectivity index (χ0n) is 18.2. The summed E-state index contributed by atoms with van der Waals surface area (Å²) in [5, 5.41) is 4.54. The third-order valence-corrected chi connectivity index (χ3v) is 7.03. The summed E-state index contributed by atoms with van der Waals surface area (Å²) < 4.78 is 26.9. The van der Waals surface area contributed by atoms with Crippen molar-refractivity contribution in [2.75, 3.05) is 24.5 Å². The Kier molecular flexibility index (Phi) is 5.64. The minimum atomic E-state index is -2.51. The van der Waals surface area contributed by atoms with E-state index in [1.807, 2.05) is 17.9 Å². The topological polar surface area (TPSA) is 80.0 Å². The Labute approximate surface area is 194 Å². The van der Waals surface area contributed by atoms with Gasteiger partial charge in [0, 0.05) is 43.9 Å². The van der Waals surface area contributed by atoms with Crippen LogP contribution in [-0.4, -0.2) is 61.6 Å². The van der Waals surface area contributed by atoms with E-state index in [2.05, 4.69) is 25.0 Å². The number of carbonyl (C=O) groups is 1. The number of hydrogen-bond donors (Lipinski definition) is 0. The Hall–Kier alpha value is -2.88. The number of likely N-dealkylation sites (tertiary alicyclic amines) is 1. The number of anilines is 1. The molecule has 0 saturated carbocycles.